The lowest BCUT2D eigenvalue weighted by molar-refractivity contribution is 0.367. The van der Waals surface area contributed by atoms with E-state index in [4.69, 9.17) is 10.2 Å². The molecule has 2 aromatic rings. The summed E-state index contributed by atoms with van der Waals surface area (Å²) >= 11 is 0. The molecule has 0 aliphatic heterocycles. The first kappa shape index (κ1) is 12.9. The predicted octanol–water partition coefficient (Wildman–Crippen LogP) is 2.59. The van der Waals surface area contributed by atoms with Crippen molar-refractivity contribution < 1.29 is 33.6 Å². The molecule has 0 bridgehead atoms. The first-order valence-electron chi connectivity index (χ1n) is 4.95. The van der Waals surface area contributed by atoms with E-state index < -0.39 is 51.6 Å². The number of benzene rings is 2. The van der Waals surface area contributed by atoms with Crippen LogP contribution < -0.4 is 0 Å². The maximum atomic E-state index is 13.6. The second-order valence-electron chi connectivity index (χ2n) is 3.71. The first-order valence-corrected chi connectivity index (χ1v) is 4.95. The van der Waals surface area contributed by atoms with Crippen LogP contribution in [0.25, 0.3) is 11.1 Å². The topological polar surface area (TPSA) is 80.9 Å². The fourth-order valence-electron chi connectivity index (χ4n) is 1.57. The van der Waals surface area contributed by atoms with Gasteiger partial charge < -0.3 is 20.4 Å². The van der Waals surface area contributed by atoms with E-state index in [0.717, 1.165) is 12.1 Å². The Morgan fingerprint density at radius 1 is 0.684 bits per heavy atom. The summed E-state index contributed by atoms with van der Waals surface area (Å²) in [6, 6.07) is 2.32. The van der Waals surface area contributed by atoms with Crippen molar-refractivity contribution in [1.29, 1.82) is 0 Å². The highest BCUT2D eigenvalue weighted by atomic mass is 19.2. The maximum Gasteiger partial charge on any atom is 0.204 e. The van der Waals surface area contributed by atoms with Crippen molar-refractivity contribution >= 4 is 0 Å². The minimum Gasteiger partial charge on any atom is -0.504 e. The largest absolute Gasteiger partial charge is 0.504 e. The molecule has 2 aromatic carbocycles. The number of hydrogen-bond donors (Lipinski definition) is 4. The molecule has 0 aliphatic rings. The van der Waals surface area contributed by atoms with Crippen molar-refractivity contribution in [2.45, 2.75) is 0 Å². The van der Waals surface area contributed by atoms with Crippen LogP contribution in [-0.4, -0.2) is 20.4 Å². The normalized spacial score (nSPS) is 10.7. The van der Waals surface area contributed by atoms with Gasteiger partial charge in [-0.25, -0.2) is 8.78 Å². The van der Waals surface area contributed by atoms with Crippen molar-refractivity contribution in [2.24, 2.45) is 0 Å². The Bertz CT molecular complexity index is 671. The molecule has 100 valence electrons. The number of phenols is 4. The van der Waals surface area contributed by atoms with Crippen molar-refractivity contribution in [2.75, 3.05) is 0 Å². The van der Waals surface area contributed by atoms with Crippen LogP contribution in [0.3, 0.4) is 0 Å². The monoisotopic (exact) mass is 272 g/mol. The lowest BCUT2D eigenvalue weighted by Crippen LogP contribution is -1.94. The molecular formula is C12H7F3O4. The van der Waals surface area contributed by atoms with Crippen LogP contribution in [0.4, 0.5) is 13.2 Å². The third kappa shape index (κ3) is 1.88. The molecule has 7 heteroatoms. The number of aromatic hydroxyl groups is 4. The van der Waals surface area contributed by atoms with Crippen molar-refractivity contribution in [3.8, 4) is 34.1 Å². The third-order valence-electron chi connectivity index (χ3n) is 2.55. The Labute approximate surface area is 104 Å². The Balaban J connectivity index is 2.77. The van der Waals surface area contributed by atoms with E-state index in [0.29, 0.717) is 6.07 Å². The zero-order valence-corrected chi connectivity index (χ0v) is 9.15. The van der Waals surface area contributed by atoms with Crippen LogP contribution in [0.1, 0.15) is 0 Å². The second kappa shape index (κ2) is 4.27. The third-order valence-corrected chi connectivity index (χ3v) is 2.55. The van der Waals surface area contributed by atoms with Gasteiger partial charge in [-0.15, -0.1) is 0 Å². The number of rotatable bonds is 1. The molecule has 19 heavy (non-hydrogen) atoms. The molecule has 4 N–H and O–H groups in total. The van der Waals surface area contributed by atoms with Crippen LogP contribution in [-0.2, 0) is 0 Å². The van der Waals surface area contributed by atoms with E-state index in [1.54, 1.807) is 0 Å². The average molecular weight is 272 g/mol. The molecule has 0 atom stereocenters. The Morgan fingerprint density at radius 3 is 1.95 bits per heavy atom. The Hall–Kier alpha value is -2.57. The molecule has 4 nitrogen and oxygen atoms in total. The van der Waals surface area contributed by atoms with Gasteiger partial charge in [-0.1, -0.05) is 0 Å². The van der Waals surface area contributed by atoms with Gasteiger partial charge in [0.05, 0.1) is 0 Å². The lowest BCUT2D eigenvalue weighted by Gasteiger charge is -2.10. The number of phenolic OH excluding ortho intramolecular Hbond substituents is 4. The molecule has 0 spiro atoms. The van der Waals surface area contributed by atoms with E-state index in [2.05, 4.69) is 0 Å². The summed E-state index contributed by atoms with van der Waals surface area (Å²) < 4.78 is 39.9. The summed E-state index contributed by atoms with van der Waals surface area (Å²) in [5.41, 5.74) is -1.15. The summed E-state index contributed by atoms with van der Waals surface area (Å²) in [6.07, 6.45) is 0. The van der Waals surface area contributed by atoms with Gasteiger partial charge in [0.15, 0.2) is 28.9 Å². The maximum absolute atomic E-state index is 13.6. The van der Waals surface area contributed by atoms with E-state index in [1.807, 2.05) is 0 Å². The highest BCUT2D eigenvalue weighted by Gasteiger charge is 2.22. The summed E-state index contributed by atoms with van der Waals surface area (Å²) in [5.74, 6) is -8.90. The summed E-state index contributed by atoms with van der Waals surface area (Å²) in [6.45, 7) is 0. The smallest absolute Gasteiger partial charge is 0.204 e. The quantitative estimate of drug-likeness (QED) is 0.475. The highest BCUT2D eigenvalue weighted by molar-refractivity contribution is 5.76. The minimum absolute atomic E-state index is 0.439. The van der Waals surface area contributed by atoms with E-state index in [-0.39, 0.29) is 0 Å². The van der Waals surface area contributed by atoms with Gasteiger partial charge in [-0.3, -0.25) is 0 Å². The van der Waals surface area contributed by atoms with Gasteiger partial charge in [-0.2, -0.15) is 4.39 Å². The van der Waals surface area contributed by atoms with Gasteiger partial charge in [0.2, 0.25) is 11.6 Å². The molecule has 0 aliphatic carbocycles. The highest BCUT2D eigenvalue weighted by Crippen LogP contribution is 2.44. The van der Waals surface area contributed by atoms with Crippen LogP contribution in [0, 0.1) is 17.5 Å². The SMILES string of the molecule is Oc1ccc(-c2cc(F)c(O)c(F)c2F)c(O)c1O. The lowest BCUT2D eigenvalue weighted by atomic mass is 10.0. The summed E-state index contributed by atoms with van der Waals surface area (Å²) in [5, 5.41) is 36.8. The number of halogens is 3. The molecule has 0 fully saturated rings. The molecule has 0 saturated heterocycles. The Kier molecular flexibility index (Phi) is 2.89. The van der Waals surface area contributed by atoms with Crippen LogP contribution in [0.15, 0.2) is 18.2 Å². The van der Waals surface area contributed by atoms with Crippen molar-refractivity contribution in [3.05, 3.63) is 35.7 Å². The molecule has 2 rings (SSSR count). The standard InChI is InChI=1S/C12H7F3O4/c13-6-3-5(8(14)9(15)11(6)18)4-1-2-7(16)12(19)10(4)17/h1-3,16-19H. The minimum atomic E-state index is -1.82. The molecule has 0 aromatic heterocycles. The van der Waals surface area contributed by atoms with Crippen LogP contribution >= 0.6 is 0 Å². The van der Waals surface area contributed by atoms with Crippen molar-refractivity contribution in [1.82, 2.24) is 0 Å². The number of hydrogen-bond acceptors (Lipinski definition) is 4. The molecule has 0 unspecified atom stereocenters. The van der Waals surface area contributed by atoms with Crippen LogP contribution in [0.2, 0.25) is 0 Å². The fourth-order valence-corrected chi connectivity index (χ4v) is 1.57. The molecular weight excluding hydrogens is 265 g/mol. The molecule has 0 radical (unpaired) electrons. The Morgan fingerprint density at radius 2 is 1.32 bits per heavy atom. The van der Waals surface area contributed by atoms with Crippen molar-refractivity contribution in [3.63, 3.8) is 0 Å². The van der Waals surface area contributed by atoms with Gasteiger partial charge in [0.1, 0.15) is 0 Å². The zero-order valence-electron chi connectivity index (χ0n) is 9.15. The van der Waals surface area contributed by atoms with E-state index in [1.165, 1.54) is 0 Å². The van der Waals surface area contributed by atoms with Crippen LogP contribution in [0.5, 0.6) is 23.0 Å². The van der Waals surface area contributed by atoms with E-state index in [9.17, 15) is 23.4 Å². The predicted molar refractivity (Wildman–Crippen MR) is 58.4 cm³/mol. The molecule has 0 amide bonds. The molecule has 0 saturated carbocycles. The first-order chi connectivity index (χ1) is 8.84. The zero-order chi connectivity index (χ0) is 14.3. The molecule has 0 heterocycles. The summed E-state index contributed by atoms with van der Waals surface area (Å²) in [7, 11) is 0. The average Bonchev–Trinajstić information content (AvgIpc) is 2.39. The van der Waals surface area contributed by atoms with Gasteiger partial charge in [0.25, 0.3) is 0 Å². The fraction of sp³-hybridized carbons (Fsp3) is 0. The van der Waals surface area contributed by atoms with E-state index >= 15 is 0 Å². The van der Waals surface area contributed by atoms with Gasteiger partial charge in [-0.05, 0) is 18.2 Å². The summed E-state index contributed by atoms with van der Waals surface area (Å²) in [4.78, 5) is 0. The second-order valence-corrected chi connectivity index (χ2v) is 3.71. The van der Waals surface area contributed by atoms with Gasteiger partial charge in [0, 0.05) is 11.1 Å². The van der Waals surface area contributed by atoms with Gasteiger partial charge >= 0.3 is 0 Å².